The van der Waals surface area contributed by atoms with Crippen LogP contribution >= 0.6 is 8.07 Å². The summed E-state index contributed by atoms with van der Waals surface area (Å²) in [5.41, 5.74) is 6.21. The molecule has 0 spiro atoms. The fourth-order valence-electron chi connectivity index (χ4n) is 7.81. The van der Waals surface area contributed by atoms with Gasteiger partial charge in [0, 0.05) is 43.5 Å². The summed E-state index contributed by atoms with van der Waals surface area (Å²) in [6, 6.07) is 51.5. The number of anilines is 2. The summed E-state index contributed by atoms with van der Waals surface area (Å²) in [5.74, 6) is 0.449. The fourth-order valence-corrected chi connectivity index (χ4v) is 10.3. The monoisotopic (exact) mass is 672 g/mol. The molecule has 0 saturated carbocycles. The summed E-state index contributed by atoms with van der Waals surface area (Å²) in [6.45, 7) is 0. The van der Waals surface area contributed by atoms with E-state index in [0.717, 1.165) is 65.4 Å². The van der Waals surface area contributed by atoms with Crippen LogP contribution in [-0.2, 0) is 0 Å². The highest BCUT2D eigenvalue weighted by Gasteiger charge is 2.40. The quantitative estimate of drug-likeness (QED) is 0.175. The van der Waals surface area contributed by atoms with Crippen molar-refractivity contribution in [3.8, 4) is 22.4 Å². The zero-order valence-electron chi connectivity index (χ0n) is 30.1. The van der Waals surface area contributed by atoms with Crippen LogP contribution in [0, 0.1) is 0 Å². The molecule has 8 aromatic carbocycles. The minimum Gasteiger partial charge on any atom is -0.454 e. The molecule has 5 heteroatoms. The van der Waals surface area contributed by atoms with E-state index in [1.54, 1.807) is 0 Å². The summed E-state index contributed by atoms with van der Waals surface area (Å²) in [5, 5.41) is 9.61. The van der Waals surface area contributed by atoms with E-state index in [-0.39, 0.29) is 18.1 Å². The highest BCUT2D eigenvalue weighted by atomic mass is 31.1. The van der Waals surface area contributed by atoms with E-state index in [0.29, 0.717) is 22.7 Å². The van der Waals surface area contributed by atoms with Crippen LogP contribution in [0.5, 0.6) is 0 Å². The number of nitrogens with zero attached hydrogens (tertiary/aromatic N) is 3. The van der Waals surface area contributed by atoms with Crippen LogP contribution in [0.3, 0.4) is 0 Å². The van der Waals surface area contributed by atoms with Gasteiger partial charge in [-0.1, -0.05) is 158 Å². The Hall–Kier alpha value is -6.35. The molecule has 1 atom stereocenters. The Kier molecular flexibility index (Phi) is 5.56. The van der Waals surface area contributed by atoms with E-state index in [2.05, 4.69) is 102 Å². The Bertz CT molecular complexity index is 3160. The second-order valence-corrected chi connectivity index (χ2v) is 14.7. The van der Waals surface area contributed by atoms with Crippen molar-refractivity contribution in [3.05, 3.63) is 170 Å². The average molecular weight is 673 g/mol. The molecule has 51 heavy (non-hydrogen) atoms. The molecular formula is C46H28N3OP. The molecule has 3 heterocycles. The maximum atomic E-state index is 8.98. The van der Waals surface area contributed by atoms with Crippen molar-refractivity contribution >= 4 is 84.7 Å². The van der Waals surface area contributed by atoms with E-state index in [4.69, 9.17) is 18.5 Å². The number of rotatable bonds is 3. The van der Waals surface area contributed by atoms with E-state index in [1.165, 1.54) is 23.0 Å². The minimum absolute atomic E-state index is 0.0779. The molecule has 0 amide bonds. The normalized spacial score (nSPS) is 14.9. The standard InChI is InChI=1S/C46H28N3OP/c1-3-16-30(17-4-1)43-35-23-11-13-25-37(35)47-46(48-43)49-44-42(34-22-10-9-21-33(34)40-36-24-12-14-26-38(36)50-45(40)44)41-32-20-8-7-15-29(32)27-28-39(41)51(49)31-18-5-2-6-19-31/h1-28H/i1D,16D,17D. The molecule has 0 aliphatic carbocycles. The Morgan fingerprint density at radius 3 is 2.10 bits per heavy atom. The zero-order valence-corrected chi connectivity index (χ0v) is 28.0. The van der Waals surface area contributed by atoms with Gasteiger partial charge in [0.15, 0.2) is 5.58 Å². The van der Waals surface area contributed by atoms with Crippen molar-refractivity contribution in [1.29, 1.82) is 0 Å². The second kappa shape index (κ2) is 11.1. The van der Waals surface area contributed by atoms with Gasteiger partial charge in [0.05, 0.1) is 23.4 Å². The van der Waals surface area contributed by atoms with Gasteiger partial charge in [-0.25, -0.2) is 9.97 Å². The lowest BCUT2D eigenvalue weighted by Crippen LogP contribution is -2.31. The molecular weight excluding hydrogens is 642 g/mol. The Labute approximate surface area is 299 Å². The van der Waals surface area contributed by atoms with Crippen molar-refractivity contribution in [2.24, 2.45) is 0 Å². The largest absolute Gasteiger partial charge is 0.454 e. The Balaban J connectivity index is 1.37. The van der Waals surface area contributed by atoms with Crippen LogP contribution in [-0.4, -0.2) is 9.97 Å². The van der Waals surface area contributed by atoms with Gasteiger partial charge in [0.1, 0.15) is 11.3 Å². The van der Waals surface area contributed by atoms with Crippen LogP contribution in [0.4, 0.5) is 11.6 Å². The van der Waals surface area contributed by atoms with Gasteiger partial charge < -0.3 is 4.42 Å². The summed E-state index contributed by atoms with van der Waals surface area (Å²) >= 11 is 0. The molecule has 0 fully saturated rings. The number of fused-ring (bicyclic) bond motifs is 13. The maximum absolute atomic E-state index is 8.98. The topological polar surface area (TPSA) is 42.2 Å². The molecule has 4 nitrogen and oxygen atoms in total. The van der Waals surface area contributed by atoms with Gasteiger partial charge in [-0.2, -0.15) is 0 Å². The first-order valence-corrected chi connectivity index (χ1v) is 18.2. The van der Waals surface area contributed by atoms with Gasteiger partial charge in [0.25, 0.3) is 0 Å². The minimum atomic E-state index is -1.37. The zero-order chi connectivity index (χ0) is 36.1. The van der Waals surface area contributed by atoms with E-state index < -0.39 is 8.07 Å². The highest BCUT2D eigenvalue weighted by Crippen LogP contribution is 2.61. The molecule has 1 unspecified atom stereocenters. The summed E-state index contributed by atoms with van der Waals surface area (Å²) < 4.78 is 35.5. The lowest BCUT2D eigenvalue weighted by Gasteiger charge is -2.40. The first-order chi connectivity index (χ1) is 26.5. The highest BCUT2D eigenvalue weighted by molar-refractivity contribution is 7.75. The van der Waals surface area contributed by atoms with Crippen LogP contribution in [0.15, 0.2) is 174 Å². The van der Waals surface area contributed by atoms with Gasteiger partial charge in [-0.05, 0) is 33.7 Å². The second-order valence-electron chi connectivity index (χ2n) is 12.7. The average Bonchev–Trinajstić information content (AvgIpc) is 3.60. The lowest BCUT2D eigenvalue weighted by molar-refractivity contribution is 0.669. The summed E-state index contributed by atoms with van der Waals surface area (Å²) in [7, 11) is -1.37. The third-order valence-electron chi connectivity index (χ3n) is 9.93. The molecule has 1 aliphatic rings. The van der Waals surface area contributed by atoms with Crippen molar-refractivity contribution in [2.45, 2.75) is 0 Å². The molecule has 0 N–H and O–H groups in total. The first kappa shape index (κ1) is 25.6. The molecule has 0 radical (unpaired) electrons. The number of aromatic nitrogens is 2. The van der Waals surface area contributed by atoms with Gasteiger partial charge in [0.2, 0.25) is 5.95 Å². The number of hydrogen-bond acceptors (Lipinski definition) is 4. The van der Waals surface area contributed by atoms with Crippen LogP contribution in [0.1, 0.15) is 4.11 Å². The SMILES string of the molecule is [2H]c1cc([2H])c(-c2nc(N3c4c(c5ccccc5c5c4oc4ccccc45)-c4c(ccc5ccccc45)P3c3ccccc3)nc3ccccc23)c([2H])c1. The van der Waals surface area contributed by atoms with Crippen molar-refractivity contribution in [3.63, 3.8) is 0 Å². The van der Waals surface area contributed by atoms with Gasteiger partial charge in [-0.3, -0.25) is 4.67 Å². The Morgan fingerprint density at radius 1 is 0.569 bits per heavy atom. The third kappa shape index (κ3) is 4.18. The van der Waals surface area contributed by atoms with Crippen LogP contribution in [0.25, 0.3) is 76.8 Å². The third-order valence-corrected chi connectivity index (χ3v) is 12.3. The first-order valence-electron chi connectivity index (χ1n) is 18.4. The van der Waals surface area contributed by atoms with E-state index in [1.807, 2.05) is 42.5 Å². The molecule has 0 saturated heterocycles. The van der Waals surface area contributed by atoms with Crippen LogP contribution < -0.4 is 15.3 Å². The van der Waals surface area contributed by atoms with E-state index >= 15 is 0 Å². The molecule has 2 aromatic heterocycles. The molecule has 1 aliphatic heterocycles. The molecule has 0 bridgehead atoms. The molecule has 10 aromatic rings. The Morgan fingerprint density at radius 2 is 1.25 bits per heavy atom. The predicted molar refractivity (Wildman–Crippen MR) is 214 cm³/mol. The number of hydrogen-bond donors (Lipinski definition) is 0. The van der Waals surface area contributed by atoms with Crippen LogP contribution in [0.2, 0.25) is 0 Å². The summed E-state index contributed by atoms with van der Waals surface area (Å²) in [6.07, 6.45) is 0. The maximum Gasteiger partial charge on any atom is 0.235 e. The number of para-hydroxylation sites is 2. The summed E-state index contributed by atoms with van der Waals surface area (Å²) in [4.78, 5) is 10.7. The van der Waals surface area contributed by atoms with Crippen molar-refractivity contribution < 1.29 is 8.53 Å². The molecule has 11 rings (SSSR count). The lowest BCUT2D eigenvalue weighted by atomic mass is 9.90. The number of benzene rings is 8. The van der Waals surface area contributed by atoms with E-state index in [9.17, 15) is 0 Å². The van der Waals surface area contributed by atoms with Crippen molar-refractivity contribution in [1.82, 2.24) is 9.97 Å². The van der Waals surface area contributed by atoms with Crippen molar-refractivity contribution in [2.75, 3.05) is 4.67 Å². The number of furan rings is 1. The van der Waals surface area contributed by atoms with Gasteiger partial charge >= 0.3 is 0 Å². The van der Waals surface area contributed by atoms with Gasteiger partial charge in [-0.15, -0.1) is 0 Å². The fraction of sp³-hybridized carbons (Fsp3) is 0. The smallest absolute Gasteiger partial charge is 0.235 e. The predicted octanol–water partition coefficient (Wildman–Crippen LogP) is 11.7. The molecule has 238 valence electrons.